The van der Waals surface area contributed by atoms with Gasteiger partial charge in [-0.25, -0.2) is 0 Å². The summed E-state index contributed by atoms with van der Waals surface area (Å²) in [6.07, 6.45) is 5.62. The van der Waals surface area contributed by atoms with Crippen LogP contribution in [0.4, 0.5) is 5.69 Å². The summed E-state index contributed by atoms with van der Waals surface area (Å²) in [4.78, 5) is 12.3. The first-order chi connectivity index (χ1) is 14.1. The molecule has 7 nitrogen and oxygen atoms in total. The Morgan fingerprint density at radius 1 is 1.10 bits per heavy atom. The number of carbonyl (C=O) groups excluding carboxylic acids is 1. The van der Waals surface area contributed by atoms with Crippen molar-refractivity contribution in [3.8, 4) is 5.75 Å². The fraction of sp³-hybridized carbons (Fsp3) is 0.227. The van der Waals surface area contributed by atoms with Crippen LogP contribution < -0.4 is 10.1 Å². The zero-order valence-corrected chi connectivity index (χ0v) is 16.5. The van der Waals surface area contributed by atoms with Gasteiger partial charge in [0.2, 0.25) is 5.91 Å². The first-order valence-corrected chi connectivity index (χ1v) is 9.48. The average Bonchev–Trinajstić information content (AvgIpc) is 3.34. The van der Waals surface area contributed by atoms with E-state index in [0.29, 0.717) is 25.2 Å². The lowest BCUT2D eigenvalue weighted by molar-refractivity contribution is -0.116. The quantitative estimate of drug-likeness (QED) is 0.524. The van der Waals surface area contributed by atoms with Gasteiger partial charge >= 0.3 is 0 Å². The molecule has 0 radical (unpaired) electrons. The van der Waals surface area contributed by atoms with Crippen molar-refractivity contribution in [1.82, 2.24) is 19.6 Å². The fourth-order valence-electron chi connectivity index (χ4n) is 3.20. The molecular formula is C22H23N5O2. The van der Waals surface area contributed by atoms with Gasteiger partial charge in [0.15, 0.2) is 0 Å². The van der Waals surface area contributed by atoms with Crippen molar-refractivity contribution in [2.75, 3.05) is 12.4 Å². The van der Waals surface area contributed by atoms with Crippen LogP contribution in [0, 0.1) is 6.92 Å². The van der Waals surface area contributed by atoms with E-state index < -0.39 is 0 Å². The van der Waals surface area contributed by atoms with E-state index in [0.717, 1.165) is 16.7 Å². The summed E-state index contributed by atoms with van der Waals surface area (Å²) in [5.41, 5.74) is 4.06. The molecule has 0 spiro atoms. The second kappa shape index (κ2) is 8.18. The number of hydrogen-bond acceptors (Lipinski definition) is 4. The van der Waals surface area contributed by atoms with Crippen molar-refractivity contribution in [3.05, 3.63) is 72.2 Å². The summed E-state index contributed by atoms with van der Waals surface area (Å²) in [7, 11) is 1.64. The largest absolute Gasteiger partial charge is 0.497 e. The van der Waals surface area contributed by atoms with Gasteiger partial charge in [0, 0.05) is 18.0 Å². The highest BCUT2D eigenvalue weighted by Gasteiger charge is 2.09. The second-order valence-electron chi connectivity index (χ2n) is 7.00. The Kier molecular flexibility index (Phi) is 5.29. The summed E-state index contributed by atoms with van der Waals surface area (Å²) >= 11 is 0. The highest BCUT2D eigenvalue weighted by Crippen LogP contribution is 2.20. The number of nitrogens with zero attached hydrogens (tertiary/aromatic N) is 4. The molecule has 0 saturated carbocycles. The van der Waals surface area contributed by atoms with Gasteiger partial charge in [-0.1, -0.05) is 29.8 Å². The predicted molar refractivity (Wildman–Crippen MR) is 112 cm³/mol. The Hall–Kier alpha value is -3.61. The van der Waals surface area contributed by atoms with Gasteiger partial charge in [0.1, 0.15) is 5.75 Å². The molecule has 0 fully saturated rings. The number of aryl methyl sites for hydroxylation is 2. The fourth-order valence-corrected chi connectivity index (χ4v) is 3.20. The molecule has 0 bridgehead atoms. The number of carbonyl (C=O) groups is 1. The van der Waals surface area contributed by atoms with Crippen molar-refractivity contribution in [2.24, 2.45) is 0 Å². The van der Waals surface area contributed by atoms with Crippen LogP contribution in [0.1, 0.15) is 17.5 Å². The number of nitrogens with one attached hydrogen (secondary N) is 1. The van der Waals surface area contributed by atoms with Gasteiger partial charge in [-0.3, -0.25) is 14.2 Å². The Morgan fingerprint density at radius 3 is 2.72 bits per heavy atom. The smallest absolute Gasteiger partial charge is 0.226 e. The molecule has 1 amide bonds. The molecule has 4 rings (SSSR count). The van der Waals surface area contributed by atoms with E-state index >= 15 is 0 Å². The number of benzene rings is 2. The lowest BCUT2D eigenvalue weighted by Crippen LogP contribution is -2.14. The molecule has 0 aliphatic carbocycles. The van der Waals surface area contributed by atoms with E-state index in [4.69, 9.17) is 4.74 Å². The number of ether oxygens (including phenoxy) is 1. The van der Waals surface area contributed by atoms with Crippen LogP contribution in [0.5, 0.6) is 5.75 Å². The number of rotatable bonds is 7. The number of aromatic nitrogens is 4. The standard InChI is InChI=1S/C22H23N5O2/c1-16-3-5-17(6-4-16)14-26-15-19(13-23-26)25-22(28)9-10-27-21-8-7-20(29-2)11-18(21)12-24-27/h3-8,11-13,15H,9-10,14H2,1-2H3,(H,25,28). The number of fused-ring (bicyclic) bond motifs is 1. The van der Waals surface area contributed by atoms with Crippen molar-refractivity contribution in [2.45, 2.75) is 26.4 Å². The molecule has 0 unspecified atom stereocenters. The highest BCUT2D eigenvalue weighted by atomic mass is 16.5. The summed E-state index contributed by atoms with van der Waals surface area (Å²) in [6.45, 7) is 3.23. The minimum atomic E-state index is -0.0722. The van der Waals surface area contributed by atoms with Crippen molar-refractivity contribution >= 4 is 22.5 Å². The Bertz CT molecular complexity index is 1130. The topological polar surface area (TPSA) is 74.0 Å². The molecule has 0 atom stereocenters. The maximum absolute atomic E-state index is 12.3. The number of anilines is 1. The van der Waals surface area contributed by atoms with E-state index in [1.54, 1.807) is 19.5 Å². The molecule has 4 aromatic rings. The van der Waals surface area contributed by atoms with Crippen LogP contribution in [-0.2, 0) is 17.9 Å². The number of methoxy groups -OCH3 is 1. The third kappa shape index (κ3) is 4.45. The SMILES string of the molecule is COc1ccc2c(cnn2CCC(=O)Nc2cnn(Cc3ccc(C)cc3)c2)c1. The molecule has 2 heterocycles. The third-order valence-corrected chi connectivity index (χ3v) is 4.78. The Morgan fingerprint density at radius 2 is 1.93 bits per heavy atom. The van der Waals surface area contributed by atoms with Crippen LogP contribution in [-0.4, -0.2) is 32.6 Å². The predicted octanol–water partition coefficient (Wildman–Crippen LogP) is 3.63. The molecule has 29 heavy (non-hydrogen) atoms. The van der Waals surface area contributed by atoms with E-state index in [2.05, 4.69) is 46.7 Å². The van der Waals surface area contributed by atoms with E-state index in [9.17, 15) is 4.79 Å². The molecule has 0 aliphatic heterocycles. The van der Waals surface area contributed by atoms with Crippen LogP contribution in [0.25, 0.3) is 10.9 Å². The van der Waals surface area contributed by atoms with Gasteiger partial charge in [0.25, 0.3) is 0 Å². The van der Waals surface area contributed by atoms with Crippen LogP contribution in [0.3, 0.4) is 0 Å². The zero-order chi connectivity index (χ0) is 20.2. The summed E-state index contributed by atoms with van der Waals surface area (Å²) in [5.74, 6) is 0.717. The molecule has 0 aliphatic rings. The number of amides is 1. The van der Waals surface area contributed by atoms with E-state index in [1.165, 1.54) is 11.1 Å². The molecule has 2 aromatic heterocycles. The van der Waals surface area contributed by atoms with Gasteiger partial charge in [-0.05, 0) is 30.7 Å². The Labute approximate surface area is 168 Å². The van der Waals surface area contributed by atoms with Crippen LogP contribution >= 0.6 is 0 Å². The normalized spacial score (nSPS) is 11.0. The lowest BCUT2D eigenvalue weighted by atomic mass is 10.1. The molecule has 7 heteroatoms. The van der Waals surface area contributed by atoms with Crippen LogP contribution in [0.2, 0.25) is 0 Å². The minimum absolute atomic E-state index is 0.0722. The maximum atomic E-state index is 12.3. The first kappa shape index (κ1) is 18.7. The molecular weight excluding hydrogens is 366 g/mol. The highest BCUT2D eigenvalue weighted by molar-refractivity contribution is 5.90. The van der Waals surface area contributed by atoms with E-state index in [1.807, 2.05) is 33.8 Å². The van der Waals surface area contributed by atoms with Gasteiger partial charge in [-0.2, -0.15) is 10.2 Å². The van der Waals surface area contributed by atoms with Gasteiger partial charge < -0.3 is 10.1 Å². The maximum Gasteiger partial charge on any atom is 0.226 e. The molecule has 0 saturated heterocycles. The zero-order valence-electron chi connectivity index (χ0n) is 16.5. The Balaban J connectivity index is 1.33. The van der Waals surface area contributed by atoms with Crippen molar-refractivity contribution in [1.29, 1.82) is 0 Å². The van der Waals surface area contributed by atoms with Crippen molar-refractivity contribution < 1.29 is 9.53 Å². The molecule has 2 aromatic carbocycles. The summed E-state index contributed by atoms with van der Waals surface area (Å²) < 4.78 is 8.87. The van der Waals surface area contributed by atoms with E-state index in [-0.39, 0.29) is 5.91 Å². The number of hydrogen-bond donors (Lipinski definition) is 1. The monoisotopic (exact) mass is 389 g/mol. The van der Waals surface area contributed by atoms with Gasteiger partial charge in [0.05, 0.1) is 43.8 Å². The average molecular weight is 389 g/mol. The minimum Gasteiger partial charge on any atom is -0.497 e. The summed E-state index contributed by atoms with van der Waals surface area (Å²) in [6, 6.07) is 14.1. The lowest BCUT2D eigenvalue weighted by Gasteiger charge is -2.05. The molecule has 148 valence electrons. The summed E-state index contributed by atoms with van der Waals surface area (Å²) in [5, 5.41) is 12.6. The molecule has 1 N–H and O–H groups in total. The van der Waals surface area contributed by atoms with Crippen LogP contribution in [0.15, 0.2) is 61.1 Å². The van der Waals surface area contributed by atoms with Crippen molar-refractivity contribution in [3.63, 3.8) is 0 Å². The second-order valence-corrected chi connectivity index (χ2v) is 7.00. The first-order valence-electron chi connectivity index (χ1n) is 9.48. The third-order valence-electron chi connectivity index (χ3n) is 4.78. The van der Waals surface area contributed by atoms with Gasteiger partial charge in [-0.15, -0.1) is 0 Å².